The topological polar surface area (TPSA) is 76.6 Å². The lowest BCUT2D eigenvalue weighted by Gasteiger charge is -2.25. The van der Waals surface area contributed by atoms with Crippen LogP contribution >= 0.6 is 0 Å². The minimum Gasteiger partial charge on any atom is -0.464 e. The molecule has 1 aliphatic rings. The van der Waals surface area contributed by atoms with E-state index in [0.717, 1.165) is 12.0 Å². The lowest BCUT2D eigenvalue weighted by atomic mass is 9.90. The van der Waals surface area contributed by atoms with Crippen molar-refractivity contribution in [1.29, 1.82) is 0 Å². The van der Waals surface area contributed by atoms with Crippen LogP contribution in [0, 0.1) is 5.41 Å². The van der Waals surface area contributed by atoms with Crippen molar-refractivity contribution in [2.75, 3.05) is 13.2 Å². The number of aromatic nitrogens is 1. The van der Waals surface area contributed by atoms with Gasteiger partial charge in [-0.25, -0.2) is 4.79 Å². The quantitative estimate of drug-likeness (QED) is 0.448. The zero-order valence-electron chi connectivity index (χ0n) is 15.2. The van der Waals surface area contributed by atoms with Crippen molar-refractivity contribution in [2.45, 2.75) is 52.5 Å². The summed E-state index contributed by atoms with van der Waals surface area (Å²) in [4.78, 5) is 42.3. The van der Waals surface area contributed by atoms with Gasteiger partial charge in [0.15, 0.2) is 0 Å². The Morgan fingerprint density at radius 1 is 1.32 bits per heavy atom. The fourth-order valence-corrected chi connectivity index (χ4v) is 2.80. The number of carbonyl (C=O) groups excluding carboxylic acids is 3. The highest BCUT2D eigenvalue weighted by atomic mass is 16.5. The normalized spacial score (nSPS) is 17.4. The Labute approximate surface area is 148 Å². The van der Waals surface area contributed by atoms with Crippen LogP contribution in [0.25, 0.3) is 0 Å². The second-order valence-corrected chi connectivity index (χ2v) is 7.37. The smallest absolute Gasteiger partial charge is 0.328 e. The Bertz CT molecular complexity index is 622. The standard InChI is InChI=1S/C19H26N2O4/c1-19(2,3)16(22)17(23)21-11-5-9-15(21)18(24)25-12-6-8-14-7-4-10-20-13-14/h4,7,10,13,15H,5-6,8-9,11-12H2,1-3H3. The van der Waals surface area contributed by atoms with Gasteiger partial charge in [0.25, 0.3) is 5.91 Å². The number of Topliss-reactive ketones (excluding diaryl/α,β-unsaturated/α-hetero) is 1. The Kier molecular flexibility index (Phi) is 6.28. The summed E-state index contributed by atoms with van der Waals surface area (Å²) in [5.74, 6) is -1.47. The molecule has 2 rings (SSSR count). The summed E-state index contributed by atoms with van der Waals surface area (Å²) in [5.41, 5.74) is 0.338. The largest absolute Gasteiger partial charge is 0.464 e. The van der Waals surface area contributed by atoms with E-state index in [1.807, 2.05) is 12.1 Å². The first-order valence-electron chi connectivity index (χ1n) is 8.71. The molecule has 0 radical (unpaired) electrons. The molecule has 1 fully saturated rings. The van der Waals surface area contributed by atoms with E-state index in [-0.39, 0.29) is 0 Å². The van der Waals surface area contributed by atoms with Gasteiger partial charge in [-0.2, -0.15) is 0 Å². The van der Waals surface area contributed by atoms with Crippen molar-refractivity contribution >= 4 is 17.7 Å². The molecule has 0 saturated carbocycles. The highest BCUT2D eigenvalue weighted by Gasteiger charge is 2.40. The summed E-state index contributed by atoms with van der Waals surface area (Å²) >= 11 is 0. The van der Waals surface area contributed by atoms with Gasteiger partial charge in [0, 0.05) is 24.4 Å². The molecule has 1 atom stereocenters. The van der Waals surface area contributed by atoms with Crippen molar-refractivity contribution in [3.63, 3.8) is 0 Å². The van der Waals surface area contributed by atoms with Crippen LogP contribution in [0.1, 0.15) is 45.6 Å². The van der Waals surface area contributed by atoms with Crippen LogP contribution < -0.4 is 0 Å². The summed E-state index contributed by atoms with van der Waals surface area (Å²) in [7, 11) is 0. The average molecular weight is 346 g/mol. The van der Waals surface area contributed by atoms with Gasteiger partial charge >= 0.3 is 5.97 Å². The van der Waals surface area contributed by atoms with E-state index in [1.54, 1.807) is 33.2 Å². The molecule has 6 heteroatoms. The number of aryl methyl sites for hydroxylation is 1. The summed E-state index contributed by atoms with van der Waals surface area (Å²) in [6.45, 7) is 5.83. The molecular weight excluding hydrogens is 320 g/mol. The molecule has 0 spiro atoms. The van der Waals surface area contributed by atoms with E-state index in [2.05, 4.69) is 4.98 Å². The number of hydrogen-bond acceptors (Lipinski definition) is 5. The van der Waals surface area contributed by atoms with Crippen molar-refractivity contribution < 1.29 is 19.1 Å². The fourth-order valence-electron chi connectivity index (χ4n) is 2.80. The molecule has 2 heterocycles. The minimum absolute atomic E-state index is 0.291. The number of nitrogens with zero attached hydrogens (tertiary/aromatic N) is 2. The number of esters is 1. The Hall–Kier alpha value is -2.24. The highest BCUT2D eigenvalue weighted by molar-refractivity contribution is 6.38. The van der Waals surface area contributed by atoms with E-state index in [1.165, 1.54) is 4.90 Å². The third-order valence-electron chi connectivity index (χ3n) is 4.24. The summed E-state index contributed by atoms with van der Waals surface area (Å²) in [5, 5.41) is 0. The molecule has 1 amide bonds. The summed E-state index contributed by atoms with van der Waals surface area (Å²) < 4.78 is 5.33. The molecule has 0 aliphatic carbocycles. The molecule has 0 bridgehead atoms. The molecule has 0 N–H and O–H groups in total. The number of pyridine rings is 1. The van der Waals surface area contributed by atoms with Gasteiger partial charge in [0.05, 0.1) is 6.61 Å². The molecular formula is C19H26N2O4. The molecule has 1 aliphatic heterocycles. The van der Waals surface area contributed by atoms with Crippen molar-refractivity contribution in [1.82, 2.24) is 9.88 Å². The zero-order valence-corrected chi connectivity index (χ0v) is 15.2. The number of ketones is 1. The minimum atomic E-state index is -0.752. The van der Waals surface area contributed by atoms with Gasteiger partial charge in [0.1, 0.15) is 6.04 Å². The number of rotatable bonds is 6. The van der Waals surface area contributed by atoms with Gasteiger partial charge in [0.2, 0.25) is 5.78 Å². The van der Waals surface area contributed by atoms with Crippen molar-refractivity contribution in [2.24, 2.45) is 5.41 Å². The van der Waals surface area contributed by atoms with Gasteiger partial charge in [-0.1, -0.05) is 26.8 Å². The molecule has 136 valence electrons. The molecule has 1 unspecified atom stereocenters. The molecule has 1 aromatic rings. The van der Waals surface area contributed by atoms with E-state index in [9.17, 15) is 14.4 Å². The first-order valence-corrected chi connectivity index (χ1v) is 8.71. The molecule has 25 heavy (non-hydrogen) atoms. The Morgan fingerprint density at radius 3 is 2.72 bits per heavy atom. The van der Waals surface area contributed by atoms with E-state index >= 15 is 0 Å². The maximum Gasteiger partial charge on any atom is 0.328 e. The zero-order chi connectivity index (χ0) is 18.4. The third kappa shape index (κ3) is 5.11. The summed E-state index contributed by atoms with van der Waals surface area (Å²) in [6.07, 6.45) is 6.23. The Balaban J connectivity index is 1.83. The predicted molar refractivity (Wildman–Crippen MR) is 92.7 cm³/mol. The van der Waals surface area contributed by atoms with Gasteiger partial charge in [-0.3, -0.25) is 14.6 Å². The fraction of sp³-hybridized carbons (Fsp3) is 0.579. The highest BCUT2D eigenvalue weighted by Crippen LogP contribution is 2.23. The maximum atomic E-state index is 12.4. The number of likely N-dealkylation sites (tertiary alicyclic amines) is 1. The molecule has 6 nitrogen and oxygen atoms in total. The average Bonchev–Trinajstić information content (AvgIpc) is 3.07. The van der Waals surface area contributed by atoms with E-state index in [0.29, 0.717) is 32.4 Å². The second kappa shape index (κ2) is 8.23. The van der Waals surface area contributed by atoms with Crippen LogP contribution in [0.5, 0.6) is 0 Å². The first-order chi connectivity index (χ1) is 11.8. The van der Waals surface area contributed by atoms with Crippen LogP contribution in [-0.2, 0) is 25.5 Å². The van der Waals surface area contributed by atoms with Crippen LogP contribution in [-0.4, -0.2) is 46.7 Å². The van der Waals surface area contributed by atoms with Crippen LogP contribution in [0.4, 0.5) is 0 Å². The third-order valence-corrected chi connectivity index (χ3v) is 4.24. The lowest BCUT2D eigenvalue weighted by Crippen LogP contribution is -2.47. The maximum absolute atomic E-state index is 12.4. The van der Waals surface area contributed by atoms with Gasteiger partial charge in [-0.05, 0) is 37.3 Å². The van der Waals surface area contributed by atoms with Gasteiger partial charge < -0.3 is 9.64 Å². The lowest BCUT2D eigenvalue weighted by molar-refractivity contribution is -0.157. The van der Waals surface area contributed by atoms with Crippen molar-refractivity contribution in [3.8, 4) is 0 Å². The van der Waals surface area contributed by atoms with Crippen LogP contribution in [0.2, 0.25) is 0 Å². The number of ether oxygens (including phenoxy) is 1. The first kappa shape index (κ1) is 19.1. The SMILES string of the molecule is CC(C)(C)C(=O)C(=O)N1CCCC1C(=O)OCCCc1cccnc1. The van der Waals surface area contributed by atoms with Crippen molar-refractivity contribution in [3.05, 3.63) is 30.1 Å². The number of amides is 1. The number of hydrogen-bond donors (Lipinski definition) is 0. The second-order valence-electron chi connectivity index (χ2n) is 7.37. The van der Waals surface area contributed by atoms with E-state index < -0.39 is 29.1 Å². The monoisotopic (exact) mass is 346 g/mol. The van der Waals surface area contributed by atoms with Gasteiger partial charge in [-0.15, -0.1) is 0 Å². The number of carbonyl (C=O) groups is 3. The Morgan fingerprint density at radius 2 is 2.08 bits per heavy atom. The molecule has 1 aromatic heterocycles. The summed E-state index contributed by atoms with van der Waals surface area (Å²) in [6, 6.07) is 3.21. The van der Waals surface area contributed by atoms with Crippen LogP contribution in [0.3, 0.4) is 0 Å². The van der Waals surface area contributed by atoms with Crippen LogP contribution in [0.15, 0.2) is 24.5 Å². The molecule has 1 saturated heterocycles. The predicted octanol–water partition coefficient (Wildman–Crippen LogP) is 2.16. The van der Waals surface area contributed by atoms with E-state index in [4.69, 9.17) is 4.74 Å². The molecule has 0 aromatic carbocycles.